The third-order valence-electron chi connectivity index (χ3n) is 5.66. The lowest BCUT2D eigenvalue weighted by atomic mass is 9.89. The molecule has 4 rings (SSSR count). The number of anilines is 2. The van der Waals surface area contributed by atoms with Gasteiger partial charge in [0.15, 0.2) is 0 Å². The number of nitrogens with one attached hydrogen (secondary N) is 1. The Hall–Kier alpha value is -2.80. The van der Waals surface area contributed by atoms with Crippen molar-refractivity contribution in [3.05, 3.63) is 97.1 Å². The minimum atomic E-state index is 0.256. The molecule has 3 aromatic carbocycles. The highest BCUT2D eigenvalue weighted by atomic mass is 14.9. The number of rotatable bonds is 6. The summed E-state index contributed by atoms with van der Waals surface area (Å²) in [6.45, 7) is 10.1. The fourth-order valence-electron chi connectivity index (χ4n) is 4.03. The maximum Gasteiger partial charge on any atom is 0.0463 e. The summed E-state index contributed by atoms with van der Waals surface area (Å²) in [6.07, 6.45) is 8.85. The van der Waals surface area contributed by atoms with Gasteiger partial charge in [-0.3, -0.25) is 0 Å². The number of allylic oxidation sites excluding steroid dienone is 3. The minimum absolute atomic E-state index is 0.256. The lowest BCUT2D eigenvalue weighted by Crippen LogP contribution is -2.08. The number of hydrogen-bond donors (Lipinski definition) is 1. The van der Waals surface area contributed by atoms with Gasteiger partial charge in [0.1, 0.15) is 0 Å². The molecule has 28 heavy (non-hydrogen) atoms. The van der Waals surface area contributed by atoms with E-state index in [1.807, 2.05) is 13.8 Å². The Morgan fingerprint density at radius 3 is 2.39 bits per heavy atom. The molecular formula is C27H31N. The van der Waals surface area contributed by atoms with E-state index in [9.17, 15) is 0 Å². The molecule has 1 saturated carbocycles. The molecule has 0 radical (unpaired) electrons. The number of fused-ring (bicyclic) bond motifs is 1. The number of benzene rings is 3. The molecule has 0 saturated heterocycles. The van der Waals surface area contributed by atoms with Crippen LogP contribution in [-0.2, 0) is 5.41 Å². The Labute approximate surface area is 169 Å². The fraction of sp³-hybridized carbons (Fsp3) is 0.259. The molecule has 0 aliphatic heterocycles. The van der Waals surface area contributed by atoms with Crippen LogP contribution in [0.5, 0.6) is 0 Å². The summed E-state index contributed by atoms with van der Waals surface area (Å²) in [5, 5.41) is 6.08. The quantitative estimate of drug-likeness (QED) is 0.434. The van der Waals surface area contributed by atoms with Gasteiger partial charge in [0.2, 0.25) is 0 Å². The average molecular weight is 370 g/mol. The normalized spacial score (nSPS) is 20.5. The van der Waals surface area contributed by atoms with Crippen molar-refractivity contribution in [2.75, 3.05) is 5.32 Å². The Kier molecular flexibility index (Phi) is 6.36. The van der Waals surface area contributed by atoms with E-state index in [-0.39, 0.29) is 5.41 Å². The van der Waals surface area contributed by atoms with Crippen molar-refractivity contribution in [1.29, 1.82) is 0 Å². The summed E-state index contributed by atoms with van der Waals surface area (Å²) < 4.78 is 0. The van der Waals surface area contributed by atoms with Crippen LogP contribution < -0.4 is 5.32 Å². The molecule has 1 aliphatic rings. The topological polar surface area (TPSA) is 12.0 Å². The summed E-state index contributed by atoms with van der Waals surface area (Å²) >= 11 is 0. The van der Waals surface area contributed by atoms with Crippen molar-refractivity contribution < 1.29 is 0 Å². The molecule has 0 aromatic heterocycles. The lowest BCUT2D eigenvalue weighted by Gasteiger charge is -2.17. The first-order valence-electron chi connectivity index (χ1n) is 10.4. The van der Waals surface area contributed by atoms with Crippen molar-refractivity contribution >= 4 is 22.1 Å². The van der Waals surface area contributed by atoms with Gasteiger partial charge in [-0.15, -0.1) is 6.58 Å². The summed E-state index contributed by atoms with van der Waals surface area (Å²) in [4.78, 5) is 0. The molecule has 2 unspecified atom stereocenters. The van der Waals surface area contributed by atoms with Crippen molar-refractivity contribution in [1.82, 2.24) is 0 Å². The maximum atomic E-state index is 4.02. The summed E-state index contributed by atoms with van der Waals surface area (Å²) in [5.74, 6) is 0.593. The molecule has 2 atom stereocenters. The van der Waals surface area contributed by atoms with Crippen LogP contribution in [0.1, 0.15) is 39.2 Å². The van der Waals surface area contributed by atoms with Crippen LogP contribution in [-0.4, -0.2) is 0 Å². The van der Waals surface area contributed by atoms with Crippen LogP contribution in [0.4, 0.5) is 11.4 Å². The Morgan fingerprint density at radius 1 is 1.00 bits per heavy atom. The standard InChI is InChI=1S/C25H25N.C2H6/c1-3-5-17-25(18-20(25)4-2)21-13-15-22(16-14-21)26-24-12-8-10-19-9-6-7-11-23(19)24;1-2/h3-16,20,26H,2,17-18H2,1H3;1-2H3/b5-3-;. The van der Waals surface area contributed by atoms with E-state index in [1.54, 1.807) is 0 Å². The fourth-order valence-corrected chi connectivity index (χ4v) is 4.03. The smallest absolute Gasteiger partial charge is 0.0463 e. The third kappa shape index (κ3) is 3.89. The van der Waals surface area contributed by atoms with E-state index in [2.05, 4.69) is 104 Å². The van der Waals surface area contributed by atoms with Gasteiger partial charge in [0.25, 0.3) is 0 Å². The lowest BCUT2D eigenvalue weighted by molar-refractivity contribution is 0.666. The van der Waals surface area contributed by atoms with Crippen molar-refractivity contribution in [2.24, 2.45) is 5.92 Å². The first kappa shape index (κ1) is 19.9. The SMILES string of the molecule is C=CC1CC1(C/C=C\C)c1ccc(Nc2cccc3ccccc23)cc1.CC. The van der Waals surface area contributed by atoms with Gasteiger partial charge >= 0.3 is 0 Å². The first-order chi connectivity index (χ1) is 13.8. The van der Waals surface area contributed by atoms with Crippen LogP contribution in [0.15, 0.2) is 91.5 Å². The second kappa shape index (κ2) is 8.93. The van der Waals surface area contributed by atoms with Crippen LogP contribution >= 0.6 is 0 Å². The zero-order valence-electron chi connectivity index (χ0n) is 17.3. The molecule has 0 amide bonds. The molecule has 144 valence electrons. The second-order valence-corrected chi connectivity index (χ2v) is 7.20. The highest BCUT2D eigenvalue weighted by molar-refractivity contribution is 5.95. The summed E-state index contributed by atoms with van der Waals surface area (Å²) in [7, 11) is 0. The van der Waals surface area contributed by atoms with Gasteiger partial charge < -0.3 is 5.32 Å². The molecule has 0 bridgehead atoms. The molecule has 0 spiro atoms. The average Bonchev–Trinajstić information content (AvgIpc) is 3.49. The van der Waals surface area contributed by atoms with Crippen molar-refractivity contribution in [3.8, 4) is 0 Å². The largest absolute Gasteiger partial charge is 0.355 e. The molecule has 1 fully saturated rings. The summed E-state index contributed by atoms with van der Waals surface area (Å²) in [6, 6.07) is 23.8. The van der Waals surface area contributed by atoms with Crippen LogP contribution in [0.3, 0.4) is 0 Å². The first-order valence-corrected chi connectivity index (χ1v) is 10.4. The zero-order valence-corrected chi connectivity index (χ0v) is 17.3. The van der Waals surface area contributed by atoms with Crippen molar-refractivity contribution in [3.63, 3.8) is 0 Å². The molecule has 3 aromatic rings. The third-order valence-corrected chi connectivity index (χ3v) is 5.66. The van der Waals surface area contributed by atoms with Crippen molar-refractivity contribution in [2.45, 2.75) is 39.0 Å². The molecule has 1 heteroatoms. The van der Waals surface area contributed by atoms with Gasteiger partial charge in [-0.1, -0.05) is 80.6 Å². The van der Waals surface area contributed by atoms with Gasteiger partial charge in [-0.2, -0.15) is 0 Å². The second-order valence-electron chi connectivity index (χ2n) is 7.20. The highest BCUT2D eigenvalue weighted by Gasteiger charge is 2.52. The van der Waals surface area contributed by atoms with Gasteiger partial charge in [-0.05, 0) is 54.8 Å². The maximum absolute atomic E-state index is 4.02. The predicted molar refractivity (Wildman–Crippen MR) is 124 cm³/mol. The van der Waals surface area contributed by atoms with E-state index < -0.39 is 0 Å². The molecule has 1 N–H and O–H groups in total. The van der Waals surface area contributed by atoms with E-state index in [4.69, 9.17) is 0 Å². The molecule has 1 nitrogen and oxygen atoms in total. The zero-order chi connectivity index (χ0) is 20.0. The molecule has 0 heterocycles. The Morgan fingerprint density at radius 2 is 1.71 bits per heavy atom. The minimum Gasteiger partial charge on any atom is -0.355 e. The van der Waals surface area contributed by atoms with E-state index >= 15 is 0 Å². The van der Waals surface area contributed by atoms with E-state index in [0.29, 0.717) is 5.92 Å². The molecule has 1 aliphatic carbocycles. The molecular weight excluding hydrogens is 338 g/mol. The van der Waals surface area contributed by atoms with Gasteiger partial charge in [-0.25, -0.2) is 0 Å². The number of hydrogen-bond acceptors (Lipinski definition) is 1. The highest BCUT2D eigenvalue weighted by Crippen LogP contribution is 2.57. The van der Waals surface area contributed by atoms with E-state index in [1.165, 1.54) is 22.8 Å². The van der Waals surface area contributed by atoms with Crippen LogP contribution in [0, 0.1) is 5.92 Å². The van der Waals surface area contributed by atoms with Gasteiger partial charge in [0, 0.05) is 22.2 Å². The summed E-state index contributed by atoms with van der Waals surface area (Å²) in [5.41, 5.74) is 3.95. The Balaban J connectivity index is 0.00000109. The van der Waals surface area contributed by atoms with Gasteiger partial charge in [0.05, 0.1) is 0 Å². The monoisotopic (exact) mass is 369 g/mol. The van der Waals surface area contributed by atoms with Crippen LogP contribution in [0.25, 0.3) is 10.8 Å². The van der Waals surface area contributed by atoms with E-state index in [0.717, 1.165) is 17.8 Å². The van der Waals surface area contributed by atoms with Crippen LogP contribution in [0.2, 0.25) is 0 Å². The Bertz CT molecular complexity index is 946. The predicted octanol–water partition coefficient (Wildman–Crippen LogP) is 8.02.